The van der Waals surface area contributed by atoms with Crippen LogP contribution in [0.25, 0.3) is 10.9 Å². The number of nitrogens with one attached hydrogen (secondary N) is 1. The van der Waals surface area contributed by atoms with E-state index in [0.29, 0.717) is 11.7 Å². The third-order valence-electron chi connectivity index (χ3n) is 10.7. The molecule has 1 aliphatic heterocycles. The van der Waals surface area contributed by atoms with Crippen molar-refractivity contribution in [3.63, 3.8) is 0 Å². The maximum absolute atomic E-state index is 12.8. The Bertz CT molecular complexity index is 1300. The van der Waals surface area contributed by atoms with Crippen molar-refractivity contribution < 1.29 is 34.3 Å². The van der Waals surface area contributed by atoms with Gasteiger partial charge >= 0.3 is 0 Å². The molecule has 1 saturated heterocycles. The summed E-state index contributed by atoms with van der Waals surface area (Å²) in [6.45, 7) is 8.53. The molecule has 6 rings (SSSR count). The van der Waals surface area contributed by atoms with Gasteiger partial charge in [0.2, 0.25) is 6.29 Å². The van der Waals surface area contributed by atoms with Crippen molar-refractivity contribution in [2.75, 3.05) is 13.7 Å². The number of ketones is 1. The molecule has 2 aromatic rings. The van der Waals surface area contributed by atoms with Gasteiger partial charge in [0.05, 0.1) is 6.61 Å². The van der Waals surface area contributed by atoms with Gasteiger partial charge in [-0.05, 0) is 54.9 Å². The maximum atomic E-state index is 12.8. The second-order valence-corrected chi connectivity index (χ2v) is 12.6. The summed E-state index contributed by atoms with van der Waals surface area (Å²) >= 11 is 0. The van der Waals surface area contributed by atoms with Crippen LogP contribution in [-0.4, -0.2) is 70.5 Å². The fourth-order valence-corrected chi connectivity index (χ4v) is 8.36. The number of H-pyrrole nitrogens is 1. The minimum absolute atomic E-state index is 0.143. The van der Waals surface area contributed by atoms with Crippen molar-refractivity contribution in [1.82, 2.24) is 4.98 Å². The number of benzene rings is 1. The van der Waals surface area contributed by atoms with Crippen molar-refractivity contribution in [2.45, 2.75) is 83.1 Å². The largest absolute Gasteiger partial charge is 0.462 e. The SMILES string of the molecule is CO[C@H]1[C@H](O)[C@@H](O)[C@H](Oc2ccc3c4c([nH]c3c2)[C@@]2(C)[C@H](CC[C@@H]3C(C)(C)C(=O)C=C[C@@]32C)C4)O[C@@H]1CO. The van der Waals surface area contributed by atoms with Gasteiger partial charge in [0.15, 0.2) is 5.78 Å². The molecular weight excluding hydrogens is 486 g/mol. The monoisotopic (exact) mass is 525 g/mol. The van der Waals surface area contributed by atoms with E-state index in [-0.39, 0.29) is 29.1 Å². The maximum Gasteiger partial charge on any atom is 0.229 e. The molecule has 1 saturated carbocycles. The molecule has 1 aromatic carbocycles. The van der Waals surface area contributed by atoms with Crippen molar-refractivity contribution >= 4 is 16.7 Å². The molecule has 2 fully saturated rings. The zero-order valence-electron chi connectivity index (χ0n) is 22.7. The number of allylic oxidation sites excluding steroid dienone is 2. The van der Waals surface area contributed by atoms with Crippen molar-refractivity contribution in [2.24, 2.45) is 22.7 Å². The van der Waals surface area contributed by atoms with Gasteiger partial charge in [-0.2, -0.15) is 0 Å². The van der Waals surface area contributed by atoms with Crippen LogP contribution in [0, 0.1) is 22.7 Å². The van der Waals surface area contributed by atoms with E-state index in [1.54, 1.807) is 0 Å². The lowest BCUT2D eigenvalue weighted by atomic mass is 9.43. The van der Waals surface area contributed by atoms with E-state index in [2.05, 4.69) is 38.8 Å². The smallest absolute Gasteiger partial charge is 0.229 e. The molecule has 8 nitrogen and oxygen atoms in total. The van der Waals surface area contributed by atoms with E-state index in [4.69, 9.17) is 14.2 Å². The number of aromatic nitrogens is 1. The van der Waals surface area contributed by atoms with Crippen LogP contribution in [0.4, 0.5) is 0 Å². The number of carbonyl (C=O) groups is 1. The third-order valence-corrected chi connectivity index (χ3v) is 10.7. The number of hydrogen-bond donors (Lipinski definition) is 4. The molecule has 1 aromatic heterocycles. The number of fused-ring (bicyclic) bond motifs is 7. The third kappa shape index (κ3) is 3.30. The quantitative estimate of drug-likeness (QED) is 0.484. The van der Waals surface area contributed by atoms with Gasteiger partial charge in [-0.1, -0.05) is 33.8 Å². The highest BCUT2D eigenvalue weighted by molar-refractivity contribution is 5.96. The normalized spacial score (nSPS) is 41.6. The summed E-state index contributed by atoms with van der Waals surface area (Å²) in [4.78, 5) is 16.6. The first kappa shape index (κ1) is 26.0. The molecule has 0 spiro atoms. The minimum atomic E-state index is -1.34. The Morgan fingerprint density at radius 3 is 2.61 bits per heavy atom. The van der Waals surface area contributed by atoms with Gasteiger partial charge in [-0.25, -0.2) is 0 Å². The van der Waals surface area contributed by atoms with E-state index < -0.39 is 36.1 Å². The zero-order valence-corrected chi connectivity index (χ0v) is 22.7. The van der Waals surface area contributed by atoms with Gasteiger partial charge in [0, 0.05) is 46.0 Å². The Morgan fingerprint density at radius 2 is 1.89 bits per heavy atom. The Balaban J connectivity index is 1.34. The fourth-order valence-electron chi connectivity index (χ4n) is 8.36. The topological polar surface area (TPSA) is 121 Å². The van der Waals surface area contributed by atoms with Crippen LogP contribution in [0.15, 0.2) is 30.4 Å². The Kier molecular flexibility index (Phi) is 5.91. The lowest BCUT2D eigenvalue weighted by Crippen LogP contribution is -2.60. The Labute approximate surface area is 223 Å². The van der Waals surface area contributed by atoms with Crippen molar-refractivity contribution in [3.05, 3.63) is 41.6 Å². The van der Waals surface area contributed by atoms with Crippen LogP contribution in [0.1, 0.15) is 51.8 Å². The number of rotatable bonds is 4. The molecule has 206 valence electrons. The van der Waals surface area contributed by atoms with E-state index in [0.717, 1.165) is 30.2 Å². The van der Waals surface area contributed by atoms with E-state index >= 15 is 0 Å². The highest BCUT2D eigenvalue weighted by Crippen LogP contribution is 2.67. The van der Waals surface area contributed by atoms with E-state index in [9.17, 15) is 20.1 Å². The first-order valence-electron chi connectivity index (χ1n) is 13.7. The predicted octanol–water partition coefficient (Wildman–Crippen LogP) is 3.01. The summed E-state index contributed by atoms with van der Waals surface area (Å²) in [7, 11) is 1.40. The molecule has 9 atom stereocenters. The Hall–Kier alpha value is -2.23. The van der Waals surface area contributed by atoms with Crippen LogP contribution in [0.2, 0.25) is 0 Å². The summed E-state index contributed by atoms with van der Waals surface area (Å²) in [5, 5.41) is 31.9. The van der Waals surface area contributed by atoms with Gasteiger partial charge in [-0.3, -0.25) is 4.79 Å². The average molecular weight is 526 g/mol. The number of carbonyl (C=O) groups excluding carboxylic acids is 1. The van der Waals surface area contributed by atoms with Gasteiger partial charge < -0.3 is 34.5 Å². The summed E-state index contributed by atoms with van der Waals surface area (Å²) in [5.41, 5.74) is 2.81. The zero-order chi connectivity index (χ0) is 27.2. The highest BCUT2D eigenvalue weighted by atomic mass is 16.7. The molecular formula is C30H39NO7. The summed E-state index contributed by atoms with van der Waals surface area (Å²) in [6, 6.07) is 5.79. The summed E-state index contributed by atoms with van der Waals surface area (Å²) in [5.74, 6) is 1.46. The predicted molar refractivity (Wildman–Crippen MR) is 141 cm³/mol. The number of methoxy groups -OCH3 is 1. The molecule has 0 unspecified atom stereocenters. The molecule has 4 N–H and O–H groups in total. The number of aliphatic hydroxyl groups is 3. The molecule has 8 heteroatoms. The summed E-state index contributed by atoms with van der Waals surface area (Å²) in [6.07, 6.45) is 1.71. The molecule has 3 aliphatic carbocycles. The van der Waals surface area contributed by atoms with Crippen LogP contribution in [0.5, 0.6) is 5.75 Å². The lowest BCUT2D eigenvalue weighted by Gasteiger charge is -2.60. The molecule has 0 bridgehead atoms. The van der Waals surface area contributed by atoms with Crippen LogP contribution >= 0.6 is 0 Å². The summed E-state index contributed by atoms with van der Waals surface area (Å²) < 4.78 is 16.9. The fraction of sp³-hybridized carbons (Fsp3) is 0.633. The van der Waals surface area contributed by atoms with E-state index in [1.165, 1.54) is 18.4 Å². The van der Waals surface area contributed by atoms with Gasteiger partial charge in [0.25, 0.3) is 0 Å². The van der Waals surface area contributed by atoms with E-state index in [1.807, 2.05) is 24.3 Å². The number of ether oxygens (including phenoxy) is 3. The van der Waals surface area contributed by atoms with Crippen LogP contribution in [0.3, 0.4) is 0 Å². The number of aromatic amines is 1. The Morgan fingerprint density at radius 1 is 1.13 bits per heavy atom. The highest BCUT2D eigenvalue weighted by Gasteiger charge is 2.64. The molecule has 38 heavy (non-hydrogen) atoms. The van der Waals surface area contributed by atoms with Crippen LogP contribution < -0.4 is 4.74 Å². The van der Waals surface area contributed by atoms with Crippen molar-refractivity contribution in [3.8, 4) is 5.75 Å². The lowest BCUT2D eigenvalue weighted by molar-refractivity contribution is -0.281. The number of hydrogen-bond acceptors (Lipinski definition) is 7. The second kappa shape index (κ2) is 8.63. The number of aliphatic hydroxyl groups excluding tert-OH is 3. The standard InChI is InChI=1S/C30H39NO7/c1-28(2)21-9-6-15-12-18-17-8-7-16(37-27-24(35)23(34)25(36-5)20(14-32)38-27)13-19(17)31-26(18)30(15,4)29(21,3)11-10-22(28)33/h7-8,10-11,13,15,20-21,23-25,27,31-32,34-35H,6,9,12,14H2,1-5H3/t15-,20-,21-,23-,24-,25-,27-,29+,30-/m1/s1. The first-order valence-corrected chi connectivity index (χ1v) is 13.7. The molecule has 0 radical (unpaired) electrons. The molecule has 4 aliphatic rings. The molecule has 0 amide bonds. The van der Waals surface area contributed by atoms with Gasteiger partial charge in [-0.15, -0.1) is 0 Å². The molecule has 2 heterocycles. The minimum Gasteiger partial charge on any atom is -0.462 e. The van der Waals surface area contributed by atoms with Crippen molar-refractivity contribution in [1.29, 1.82) is 0 Å². The van der Waals surface area contributed by atoms with Crippen LogP contribution in [-0.2, 0) is 26.1 Å². The first-order chi connectivity index (χ1) is 18.0. The second-order valence-electron chi connectivity index (χ2n) is 12.6. The average Bonchev–Trinajstić information content (AvgIpc) is 3.39. The van der Waals surface area contributed by atoms with Gasteiger partial charge in [0.1, 0.15) is 30.2 Å².